The van der Waals surface area contributed by atoms with Gasteiger partial charge in [-0.2, -0.15) is 0 Å². The molecule has 2 rings (SSSR count). The Morgan fingerprint density at radius 3 is 2.06 bits per heavy atom. The smallest absolute Gasteiger partial charge is 0.244 e. The second-order valence-corrected chi connectivity index (χ2v) is 10.3. The molecule has 0 fully saturated rings. The van der Waals surface area contributed by atoms with Crippen LogP contribution >= 0.6 is 23.2 Å². The van der Waals surface area contributed by atoms with Crippen molar-refractivity contribution in [3.63, 3.8) is 0 Å². The van der Waals surface area contributed by atoms with Crippen molar-refractivity contribution in [3.05, 3.63) is 63.1 Å². The highest BCUT2D eigenvalue weighted by Crippen LogP contribution is 2.27. The van der Waals surface area contributed by atoms with Crippen LogP contribution in [0.1, 0.15) is 23.6 Å². The van der Waals surface area contributed by atoms with E-state index in [0.29, 0.717) is 21.3 Å². The van der Waals surface area contributed by atoms with Crippen LogP contribution in [0.4, 0.5) is 5.69 Å². The van der Waals surface area contributed by atoms with Crippen molar-refractivity contribution in [1.29, 1.82) is 0 Å². The van der Waals surface area contributed by atoms with Gasteiger partial charge in [0.05, 0.1) is 11.9 Å². The fourth-order valence-corrected chi connectivity index (χ4v) is 4.70. The van der Waals surface area contributed by atoms with Crippen molar-refractivity contribution in [2.75, 3.05) is 24.2 Å². The highest BCUT2D eigenvalue weighted by molar-refractivity contribution is 7.92. The fraction of sp³-hybridized carbons (Fsp3) is 0.364. The number of hydrogen-bond donors (Lipinski definition) is 1. The third-order valence-electron chi connectivity index (χ3n) is 4.98. The fourth-order valence-electron chi connectivity index (χ4n) is 3.35. The lowest BCUT2D eigenvalue weighted by atomic mass is 10.1. The Labute approximate surface area is 199 Å². The minimum atomic E-state index is -3.79. The monoisotopic (exact) mass is 499 g/mol. The quantitative estimate of drug-likeness (QED) is 0.601. The van der Waals surface area contributed by atoms with E-state index in [1.54, 1.807) is 37.3 Å². The summed E-state index contributed by atoms with van der Waals surface area (Å²) >= 11 is 12.6. The maximum absolute atomic E-state index is 13.4. The first-order valence-corrected chi connectivity index (χ1v) is 12.5. The highest BCUT2D eigenvalue weighted by Gasteiger charge is 2.30. The Hall–Kier alpha value is -2.29. The van der Waals surface area contributed by atoms with Gasteiger partial charge in [0.25, 0.3) is 0 Å². The third kappa shape index (κ3) is 6.37. The van der Waals surface area contributed by atoms with Crippen molar-refractivity contribution in [2.24, 2.45) is 0 Å². The molecular formula is C22H27Cl2N3O4S. The Kier molecular flexibility index (Phi) is 8.56. The first-order valence-electron chi connectivity index (χ1n) is 9.85. The van der Waals surface area contributed by atoms with Crippen LogP contribution in [0.15, 0.2) is 36.4 Å². The molecular weight excluding hydrogens is 473 g/mol. The Balaban J connectivity index is 2.47. The summed E-state index contributed by atoms with van der Waals surface area (Å²) in [6.45, 7) is 4.71. The van der Waals surface area contributed by atoms with E-state index < -0.39 is 34.4 Å². The van der Waals surface area contributed by atoms with Crippen molar-refractivity contribution in [3.8, 4) is 0 Å². The van der Waals surface area contributed by atoms with Crippen LogP contribution in [-0.4, -0.2) is 51.0 Å². The molecule has 0 heterocycles. The van der Waals surface area contributed by atoms with Gasteiger partial charge in [-0.25, -0.2) is 8.42 Å². The Morgan fingerprint density at radius 2 is 1.59 bits per heavy atom. The van der Waals surface area contributed by atoms with E-state index in [1.165, 1.54) is 11.9 Å². The van der Waals surface area contributed by atoms with Crippen molar-refractivity contribution in [2.45, 2.75) is 33.4 Å². The van der Waals surface area contributed by atoms with Gasteiger partial charge >= 0.3 is 0 Å². The minimum absolute atomic E-state index is 0.0592. The van der Waals surface area contributed by atoms with Crippen LogP contribution in [0, 0.1) is 13.8 Å². The third-order valence-corrected chi connectivity index (χ3v) is 6.83. The molecule has 0 aliphatic rings. The van der Waals surface area contributed by atoms with E-state index in [0.717, 1.165) is 21.7 Å². The zero-order valence-corrected chi connectivity index (χ0v) is 21.0. The number of hydrogen-bond acceptors (Lipinski definition) is 4. The lowest BCUT2D eigenvalue weighted by molar-refractivity contribution is -0.139. The van der Waals surface area contributed by atoms with Gasteiger partial charge in [-0.05, 0) is 56.2 Å². The largest absolute Gasteiger partial charge is 0.357 e. The van der Waals surface area contributed by atoms with Gasteiger partial charge in [0.2, 0.25) is 21.8 Å². The summed E-state index contributed by atoms with van der Waals surface area (Å²) in [6.07, 6.45) is 1.04. The topological polar surface area (TPSA) is 86.8 Å². The summed E-state index contributed by atoms with van der Waals surface area (Å²) in [4.78, 5) is 27.0. The van der Waals surface area contributed by atoms with Gasteiger partial charge in [-0.1, -0.05) is 35.3 Å². The summed E-state index contributed by atoms with van der Waals surface area (Å²) in [5.74, 6) is -0.972. The summed E-state index contributed by atoms with van der Waals surface area (Å²) in [6, 6.07) is 9.35. The van der Waals surface area contributed by atoms with E-state index in [1.807, 2.05) is 19.9 Å². The number of sulfonamides is 1. The molecule has 0 spiro atoms. The first-order chi connectivity index (χ1) is 14.8. The molecule has 0 aliphatic carbocycles. The van der Waals surface area contributed by atoms with Crippen molar-refractivity contribution in [1.82, 2.24) is 10.2 Å². The van der Waals surface area contributed by atoms with Gasteiger partial charge < -0.3 is 10.2 Å². The van der Waals surface area contributed by atoms with Gasteiger partial charge in [0.15, 0.2) is 0 Å². The lowest BCUT2D eigenvalue weighted by Crippen LogP contribution is -2.50. The Morgan fingerprint density at radius 1 is 1.06 bits per heavy atom. The molecule has 2 amide bonds. The molecule has 10 heteroatoms. The van der Waals surface area contributed by atoms with Crippen LogP contribution < -0.4 is 9.62 Å². The standard InChI is InChI=1S/C22H27Cl2N3O4S/c1-14-9-15(2)11-17(10-14)27(32(5,30)31)13-21(28)26(16(3)22(29)25-4)12-18-19(23)7-6-8-20(18)24/h6-11,16H,12-13H2,1-5H3,(H,25,29)/t16-/m0/s1. The average molecular weight is 500 g/mol. The van der Waals surface area contributed by atoms with E-state index in [2.05, 4.69) is 5.32 Å². The number of nitrogens with one attached hydrogen (secondary N) is 1. The average Bonchev–Trinajstić information content (AvgIpc) is 2.69. The van der Waals surface area contributed by atoms with E-state index in [-0.39, 0.29) is 6.54 Å². The van der Waals surface area contributed by atoms with Crippen LogP contribution in [0.5, 0.6) is 0 Å². The second-order valence-electron chi connectivity index (χ2n) is 7.63. The first kappa shape index (κ1) is 26.0. The number of benzene rings is 2. The van der Waals surface area contributed by atoms with E-state index in [9.17, 15) is 18.0 Å². The number of anilines is 1. The molecule has 0 radical (unpaired) electrons. The van der Waals surface area contributed by atoms with Crippen LogP contribution in [-0.2, 0) is 26.2 Å². The zero-order valence-electron chi connectivity index (χ0n) is 18.6. The SMILES string of the molecule is CNC(=O)[C@H](C)N(Cc1c(Cl)cccc1Cl)C(=O)CN(c1cc(C)cc(C)c1)S(C)(=O)=O. The molecule has 0 unspecified atom stereocenters. The molecule has 1 atom stereocenters. The summed E-state index contributed by atoms with van der Waals surface area (Å²) in [7, 11) is -2.33. The molecule has 0 bridgehead atoms. The van der Waals surface area contributed by atoms with E-state index in [4.69, 9.17) is 23.2 Å². The highest BCUT2D eigenvalue weighted by atomic mass is 35.5. The number of carbonyl (C=O) groups excluding carboxylic acids is 2. The zero-order chi connectivity index (χ0) is 24.2. The van der Waals surface area contributed by atoms with Crippen molar-refractivity contribution >= 4 is 50.7 Å². The normalized spacial score (nSPS) is 12.2. The maximum atomic E-state index is 13.4. The molecule has 0 saturated carbocycles. The molecule has 2 aromatic carbocycles. The van der Waals surface area contributed by atoms with Gasteiger partial charge in [-0.15, -0.1) is 0 Å². The number of rotatable bonds is 8. The molecule has 0 saturated heterocycles. The minimum Gasteiger partial charge on any atom is -0.357 e. The summed E-state index contributed by atoms with van der Waals surface area (Å²) in [5.41, 5.74) is 2.57. The van der Waals surface area contributed by atoms with E-state index >= 15 is 0 Å². The number of amides is 2. The number of nitrogens with zero attached hydrogens (tertiary/aromatic N) is 2. The molecule has 32 heavy (non-hydrogen) atoms. The molecule has 7 nitrogen and oxygen atoms in total. The number of carbonyl (C=O) groups is 2. The molecule has 0 aromatic heterocycles. The van der Waals surface area contributed by atoms with Gasteiger partial charge in [-0.3, -0.25) is 13.9 Å². The number of halogens is 2. The molecule has 1 N–H and O–H groups in total. The van der Waals surface area contributed by atoms with Crippen molar-refractivity contribution < 1.29 is 18.0 Å². The molecule has 174 valence electrons. The second kappa shape index (κ2) is 10.6. The van der Waals surface area contributed by atoms with Gasteiger partial charge in [0.1, 0.15) is 12.6 Å². The predicted molar refractivity (Wildman–Crippen MR) is 129 cm³/mol. The van der Waals surface area contributed by atoms with Crippen LogP contribution in [0.3, 0.4) is 0 Å². The predicted octanol–water partition coefficient (Wildman–Crippen LogP) is 3.54. The Bertz CT molecular complexity index is 1080. The number of likely N-dealkylation sites (N-methyl/N-ethyl adjacent to an activating group) is 1. The lowest BCUT2D eigenvalue weighted by Gasteiger charge is -2.31. The number of aryl methyl sites for hydroxylation is 2. The maximum Gasteiger partial charge on any atom is 0.244 e. The summed E-state index contributed by atoms with van der Waals surface area (Å²) < 4.78 is 26.2. The summed E-state index contributed by atoms with van der Waals surface area (Å²) in [5, 5.41) is 3.20. The molecule has 2 aromatic rings. The molecule has 0 aliphatic heterocycles. The van der Waals surface area contributed by atoms with Crippen LogP contribution in [0.2, 0.25) is 10.0 Å². The van der Waals surface area contributed by atoms with Crippen LogP contribution in [0.25, 0.3) is 0 Å². The van der Waals surface area contributed by atoms with Gasteiger partial charge in [0, 0.05) is 29.2 Å².